The number of rotatable bonds is 6. The number of methoxy groups -OCH3 is 1. The second kappa shape index (κ2) is 9.50. The molecule has 0 bridgehead atoms. The first kappa shape index (κ1) is 22.0. The van der Waals surface area contributed by atoms with Crippen molar-refractivity contribution in [2.45, 2.75) is 6.04 Å². The van der Waals surface area contributed by atoms with E-state index in [-0.39, 0.29) is 17.9 Å². The van der Waals surface area contributed by atoms with Gasteiger partial charge in [-0.2, -0.15) is 0 Å². The first-order valence-electron chi connectivity index (χ1n) is 10.5. The number of aliphatic hydroxyl groups excluding tert-OH is 1. The number of hydrogen-bond donors (Lipinski definition) is 1. The van der Waals surface area contributed by atoms with Crippen molar-refractivity contribution in [3.05, 3.63) is 71.0 Å². The Morgan fingerprint density at radius 3 is 2.50 bits per heavy atom. The monoisotopic (exact) mass is 440 g/mol. The smallest absolute Gasteiger partial charge is 0.295 e. The average Bonchev–Trinajstić information content (AvgIpc) is 3.08. The van der Waals surface area contributed by atoms with Gasteiger partial charge in [0.15, 0.2) is 0 Å². The lowest BCUT2D eigenvalue weighted by Crippen LogP contribution is -2.42. The van der Waals surface area contributed by atoms with Gasteiger partial charge in [0.2, 0.25) is 0 Å². The van der Waals surface area contributed by atoms with E-state index in [9.17, 15) is 19.1 Å². The Hall–Kier alpha value is -3.23. The highest BCUT2D eigenvalue weighted by molar-refractivity contribution is 6.46. The SMILES string of the molecule is COc1ccc(/C(O)=C2/C(=O)C(=O)N(CCN3CCOCC3)C2c2cccc(F)c2)cc1. The van der Waals surface area contributed by atoms with Gasteiger partial charge in [-0.05, 0) is 42.0 Å². The lowest BCUT2D eigenvalue weighted by atomic mass is 9.95. The van der Waals surface area contributed by atoms with Crippen LogP contribution in [0.4, 0.5) is 4.39 Å². The van der Waals surface area contributed by atoms with Crippen molar-refractivity contribution in [3.8, 4) is 5.75 Å². The van der Waals surface area contributed by atoms with Crippen LogP contribution >= 0.6 is 0 Å². The molecule has 0 saturated carbocycles. The molecule has 2 heterocycles. The molecule has 168 valence electrons. The summed E-state index contributed by atoms with van der Waals surface area (Å²) in [5.41, 5.74) is 0.757. The third-order valence-corrected chi connectivity index (χ3v) is 5.83. The highest BCUT2D eigenvalue weighted by atomic mass is 19.1. The summed E-state index contributed by atoms with van der Waals surface area (Å²) in [6.07, 6.45) is 0. The number of likely N-dealkylation sites (tertiary alicyclic amines) is 1. The van der Waals surface area contributed by atoms with Crippen LogP contribution in [0.5, 0.6) is 5.75 Å². The molecule has 7 nitrogen and oxygen atoms in total. The summed E-state index contributed by atoms with van der Waals surface area (Å²) in [7, 11) is 1.53. The molecule has 2 aliphatic rings. The maximum Gasteiger partial charge on any atom is 0.295 e. The third kappa shape index (κ3) is 4.37. The second-order valence-corrected chi connectivity index (χ2v) is 7.73. The van der Waals surface area contributed by atoms with Crippen molar-refractivity contribution in [3.63, 3.8) is 0 Å². The van der Waals surface area contributed by atoms with Crippen LogP contribution in [0.15, 0.2) is 54.1 Å². The average molecular weight is 440 g/mol. The van der Waals surface area contributed by atoms with E-state index in [4.69, 9.17) is 9.47 Å². The molecule has 2 aliphatic heterocycles. The summed E-state index contributed by atoms with van der Waals surface area (Å²) < 4.78 is 24.6. The van der Waals surface area contributed by atoms with Crippen molar-refractivity contribution in [2.24, 2.45) is 0 Å². The van der Waals surface area contributed by atoms with Gasteiger partial charge in [-0.1, -0.05) is 12.1 Å². The Kier molecular flexibility index (Phi) is 6.53. The normalized spacial score (nSPS) is 21.2. The van der Waals surface area contributed by atoms with Crippen molar-refractivity contribution in [1.82, 2.24) is 9.80 Å². The fourth-order valence-corrected chi connectivity index (χ4v) is 4.11. The van der Waals surface area contributed by atoms with Crippen molar-refractivity contribution < 1.29 is 28.6 Å². The van der Waals surface area contributed by atoms with Gasteiger partial charge in [0.05, 0.1) is 31.9 Å². The van der Waals surface area contributed by atoms with E-state index in [1.54, 1.807) is 30.3 Å². The summed E-state index contributed by atoms with van der Waals surface area (Å²) in [6.45, 7) is 3.52. The minimum atomic E-state index is -0.881. The van der Waals surface area contributed by atoms with Crippen LogP contribution in [-0.2, 0) is 14.3 Å². The minimum Gasteiger partial charge on any atom is -0.507 e. The molecule has 0 spiro atoms. The van der Waals surface area contributed by atoms with Gasteiger partial charge in [0.25, 0.3) is 11.7 Å². The zero-order valence-electron chi connectivity index (χ0n) is 17.8. The molecule has 2 saturated heterocycles. The molecule has 0 aliphatic carbocycles. The van der Waals surface area contributed by atoms with Crippen LogP contribution in [0.25, 0.3) is 5.76 Å². The van der Waals surface area contributed by atoms with Gasteiger partial charge in [0.1, 0.15) is 17.3 Å². The number of halogens is 1. The Morgan fingerprint density at radius 1 is 1.12 bits per heavy atom. The Morgan fingerprint density at radius 2 is 1.84 bits per heavy atom. The molecule has 0 radical (unpaired) electrons. The topological polar surface area (TPSA) is 79.3 Å². The number of hydrogen-bond acceptors (Lipinski definition) is 6. The van der Waals surface area contributed by atoms with E-state index in [1.807, 2.05) is 0 Å². The number of amides is 1. The van der Waals surface area contributed by atoms with Crippen molar-refractivity contribution >= 4 is 17.4 Å². The van der Waals surface area contributed by atoms with E-state index >= 15 is 0 Å². The molecule has 1 unspecified atom stereocenters. The number of aliphatic hydroxyl groups is 1. The van der Waals surface area contributed by atoms with Crippen molar-refractivity contribution in [1.29, 1.82) is 0 Å². The lowest BCUT2D eigenvalue weighted by Gasteiger charge is -2.31. The molecule has 4 rings (SSSR count). The summed E-state index contributed by atoms with van der Waals surface area (Å²) in [5.74, 6) is -1.67. The summed E-state index contributed by atoms with van der Waals surface area (Å²) in [6, 6.07) is 11.4. The Labute approximate surface area is 185 Å². The van der Waals surface area contributed by atoms with Gasteiger partial charge in [-0.25, -0.2) is 4.39 Å². The predicted octanol–water partition coefficient (Wildman–Crippen LogP) is 2.59. The van der Waals surface area contributed by atoms with Crippen LogP contribution in [0.2, 0.25) is 0 Å². The first-order chi connectivity index (χ1) is 15.5. The maximum atomic E-state index is 14.1. The number of morpholine rings is 1. The van der Waals surface area contributed by atoms with Gasteiger partial charge < -0.3 is 19.5 Å². The third-order valence-electron chi connectivity index (χ3n) is 5.83. The number of carbonyl (C=O) groups is 2. The van der Waals surface area contributed by atoms with Gasteiger partial charge >= 0.3 is 0 Å². The Balaban J connectivity index is 1.73. The highest BCUT2D eigenvalue weighted by Gasteiger charge is 2.46. The van der Waals surface area contributed by atoms with Crippen LogP contribution in [0.3, 0.4) is 0 Å². The van der Waals surface area contributed by atoms with Crippen LogP contribution in [0.1, 0.15) is 17.2 Å². The first-order valence-corrected chi connectivity index (χ1v) is 10.5. The number of ether oxygens (including phenoxy) is 2. The van der Waals surface area contributed by atoms with E-state index in [0.29, 0.717) is 36.6 Å². The summed E-state index contributed by atoms with van der Waals surface area (Å²) in [5, 5.41) is 11.0. The molecule has 1 amide bonds. The van der Waals surface area contributed by atoms with Crippen molar-refractivity contribution in [2.75, 3.05) is 46.5 Å². The molecular weight excluding hydrogens is 415 g/mol. The number of benzene rings is 2. The van der Waals surface area contributed by atoms with Crippen LogP contribution in [-0.4, -0.2) is 73.1 Å². The number of nitrogens with zero attached hydrogens (tertiary/aromatic N) is 2. The van der Waals surface area contributed by atoms with Crippen LogP contribution in [0, 0.1) is 5.82 Å². The lowest BCUT2D eigenvalue weighted by molar-refractivity contribution is -0.140. The molecule has 32 heavy (non-hydrogen) atoms. The molecule has 2 aromatic carbocycles. The van der Waals surface area contributed by atoms with Crippen LogP contribution < -0.4 is 4.74 Å². The molecule has 8 heteroatoms. The fraction of sp³-hybridized carbons (Fsp3) is 0.333. The molecule has 1 atom stereocenters. The standard InChI is InChI=1S/C24H25FN2O5/c1-31-19-7-5-16(6-8-19)22(28)20-21(17-3-2-4-18(25)15-17)27(24(30)23(20)29)10-9-26-11-13-32-14-12-26/h2-8,15,21,28H,9-14H2,1H3/b22-20-. The highest BCUT2D eigenvalue weighted by Crippen LogP contribution is 2.39. The molecular formula is C24H25FN2O5. The quantitative estimate of drug-likeness (QED) is 0.423. The largest absolute Gasteiger partial charge is 0.507 e. The molecule has 2 fully saturated rings. The van der Waals surface area contributed by atoms with Gasteiger partial charge in [-0.3, -0.25) is 14.5 Å². The molecule has 0 aromatic heterocycles. The van der Waals surface area contributed by atoms with Gasteiger partial charge in [0, 0.05) is 31.7 Å². The number of carbonyl (C=O) groups excluding carboxylic acids is 2. The molecule has 1 N–H and O–H groups in total. The summed E-state index contributed by atoms with van der Waals surface area (Å²) >= 11 is 0. The predicted molar refractivity (Wildman–Crippen MR) is 116 cm³/mol. The maximum absolute atomic E-state index is 14.1. The van der Waals surface area contributed by atoms with Gasteiger partial charge in [-0.15, -0.1) is 0 Å². The summed E-state index contributed by atoms with van der Waals surface area (Å²) in [4.78, 5) is 29.5. The molecule has 2 aromatic rings. The van der Waals surface area contributed by atoms with E-state index in [2.05, 4.69) is 4.90 Å². The zero-order chi connectivity index (χ0) is 22.7. The van der Waals surface area contributed by atoms with E-state index < -0.39 is 23.5 Å². The van der Waals surface area contributed by atoms with E-state index in [1.165, 1.54) is 30.2 Å². The fourth-order valence-electron chi connectivity index (χ4n) is 4.11. The minimum absolute atomic E-state index is 0.0484. The van der Waals surface area contributed by atoms with E-state index in [0.717, 1.165) is 13.1 Å². The Bertz CT molecular complexity index is 1030. The number of Topliss-reactive ketones (excluding diaryl/α,β-unsaturated/α-hetero) is 1. The zero-order valence-corrected chi connectivity index (χ0v) is 17.8. The number of ketones is 1. The second-order valence-electron chi connectivity index (χ2n) is 7.73.